The molecule has 0 aliphatic heterocycles. The number of urea groups is 1. The van der Waals surface area contributed by atoms with Crippen LogP contribution in [0, 0.1) is 0 Å². The zero-order valence-electron chi connectivity index (χ0n) is 10.6. The van der Waals surface area contributed by atoms with E-state index in [1.165, 1.54) is 0 Å². The number of carbonyl (C=O) groups is 2. The van der Waals surface area contributed by atoms with Crippen LogP contribution in [0.3, 0.4) is 0 Å². The van der Waals surface area contributed by atoms with Crippen molar-refractivity contribution < 1.29 is 14.7 Å². The monoisotopic (exact) mass is 270 g/mol. The number of nitrogens with one attached hydrogen (secondary N) is 2. The SMILES string of the molecule is O=C(Nc1ccccc1)NC(C(=O)O)c1ccccc1. The number of anilines is 1. The highest BCUT2D eigenvalue weighted by Crippen LogP contribution is 2.13. The molecule has 5 nitrogen and oxygen atoms in total. The number of amides is 2. The molecule has 1 unspecified atom stereocenters. The lowest BCUT2D eigenvalue weighted by molar-refractivity contribution is -0.139. The van der Waals surface area contributed by atoms with Crippen LogP contribution < -0.4 is 10.6 Å². The summed E-state index contributed by atoms with van der Waals surface area (Å²) in [4.78, 5) is 23.1. The van der Waals surface area contributed by atoms with Crippen LogP contribution in [0.1, 0.15) is 11.6 Å². The fourth-order valence-corrected chi connectivity index (χ4v) is 1.75. The molecular formula is C15H14N2O3. The number of carboxylic acid groups (broad SMARTS) is 1. The lowest BCUT2D eigenvalue weighted by atomic mass is 10.1. The summed E-state index contributed by atoms with van der Waals surface area (Å²) in [5.41, 5.74) is 1.12. The van der Waals surface area contributed by atoms with Gasteiger partial charge in [-0.1, -0.05) is 48.5 Å². The largest absolute Gasteiger partial charge is 0.479 e. The molecule has 0 aliphatic carbocycles. The predicted octanol–water partition coefficient (Wildman–Crippen LogP) is 2.63. The predicted molar refractivity (Wildman–Crippen MR) is 75.4 cm³/mol. The van der Waals surface area contributed by atoms with E-state index in [9.17, 15) is 14.7 Å². The van der Waals surface area contributed by atoms with Crippen molar-refractivity contribution in [1.29, 1.82) is 0 Å². The van der Waals surface area contributed by atoms with Gasteiger partial charge in [0.05, 0.1) is 0 Å². The quantitative estimate of drug-likeness (QED) is 0.799. The molecule has 3 N–H and O–H groups in total. The second kappa shape index (κ2) is 6.38. The molecule has 0 fully saturated rings. The molecule has 0 heterocycles. The Kier molecular flexibility index (Phi) is 4.34. The average molecular weight is 270 g/mol. The Bertz CT molecular complexity index is 585. The Morgan fingerprint density at radius 2 is 1.45 bits per heavy atom. The molecule has 2 rings (SSSR count). The molecule has 2 aromatic carbocycles. The minimum atomic E-state index is -1.11. The van der Waals surface area contributed by atoms with Crippen molar-refractivity contribution in [3.63, 3.8) is 0 Å². The first-order chi connectivity index (χ1) is 9.66. The average Bonchev–Trinajstić information content (AvgIpc) is 2.46. The van der Waals surface area contributed by atoms with Crippen LogP contribution in [-0.2, 0) is 4.79 Å². The molecule has 2 amide bonds. The molecule has 0 saturated carbocycles. The van der Waals surface area contributed by atoms with Crippen molar-refractivity contribution in [2.75, 3.05) is 5.32 Å². The van der Waals surface area contributed by atoms with Crippen LogP contribution in [0.4, 0.5) is 10.5 Å². The minimum absolute atomic E-state index is 0.517. The van der Waals surface area contributed by atoms with E-state index in [2.05, 4.69) is 10.6 Å². The zero-order chi connectivity index (χ0) is 14.4. The van der Waals surface area contributed by atoms with Gasteiger partial charge in [-0.05, 0) is 17.7 Å². The molecule has 5 heteroatoms. The third-order valence-corrected chi connectivity index (χ3v) is 2.69. The number of para-hydroxylation sites is 1. The van der Waals surface area contributed by atoms with E-state index < -0.39 is 18.0 Å². The van der Waals surface area contributed by atoms with Crippen LogP contribution >= 0.6 is 0 Å². The van der Waals surface area contributed by atoms with Crippen molar-refractivity contribution in [3.8, 4) is 0 Å². The van der Waals surface area contributed by atoms with Gasteiger partial charge in [0.15, 0.2) is 6.04 Å². The molecule has 102 valence electrons. The van der Waals surface area contributed by atoms with Crippen LogP contribution in [0.25, 0.3) is 0 Å². The molecule has 20 heavy (non-hydrogen) atoms. The summed E-state index contributed by atoms with van der Waals surface area (Å²) in [6.45, 7) is 0. The number of carboxylic acids is 1. The first-order valence-corrected chi connectivity index (χ1v) is 6.07. The summed E-state index contributed by atoms with van der Waals surface area (Å²) >= 11 is 0. The molecule has 0 radical (unpaired) electrons. The Labute approximate surface area is 116 Å². The summed E-state index contributed by atoms with van der Waals surface area (Å²) in [5.74, 6) is -1.11. The van der Waals surface area contributed by atoms with E-state index in [0.29, 0.717) is 11.3 Å². The van der Waals surface area contributed by atoms with Crippen molar-refractivity contribution in [2.45, 2.75) is 6.04 Å². The number of aliphatic carboxylic acids is 1. The van der Waals surface area contributed by atoms with Gasteiger partial charge in [-0.15, -0.1) is 0 Å². The van der Waals surface area contributed by atoms with Gasteiger partial charge < -0.3 is 15.7 Å². The lowest BCUT2D eigenvalue weighted by Gasteiger charge is -2.15. The van der Waals surface area contributed by atoms with Gasteiger partial charge in [-0.2, -0.15) is 0 Å². The fraction of sp³-hybridized carbons (Fsp3) is 0.0667. The molecule has 2 aromatic rings. The van der Waals surface area contributed by atoms with Crippen molar-refractivity contribution >= 4 is 17.7 Å². The highest BCUT2D eigenvalue weighted by atomic mass is 16.4. The van der Waals surface area contributed by atoms with E-state index in [0.717, 1.165) is 0 Å². The smallest absolute Gasteiger partial charge is 0.330 e. The maximum absolute atomic E-state index is 11.8. The van der Waals surface area contributed by atoms with Gasteiger partial charge in [-0.25, -0.2) is 9.59 Å². The zero-order valence-corrected chi connectivity index (χ0v) is 10.6. The topological polar surface area (TPSA) is 78.4 Å². The third-order valence-electron chi connectivity index (χ3n) is 2.69. The van der Waals surface area contributed by atoms with Crippen LogP contribution in [0.5, 0.6) is 0 Å². The minimum Gasteiger partial charge on any atom is -0.479 e. The number of rotatable bonds is 4. The van der Waals surface area contributed by atoms with Gasteiger partial charge >= 0.3 is 12.0 Å². The number of carbonyl (C=O) groups excluding carboxylic acids is 1. The van der Waals surface area contributed by atoms with E-state index in [-0.39, 0.29) is 0 Å². The molecule has 0 bridgehead atoms. The van der Waals surface area contributed by atoms with Gasteiger partial charge in [-0.3, -0.25) is 0 Å². The highest BCUT2D eigenvalue weighted by Gasteiger charge is 2.21. The normalized spacial score (nSPS) is 11.4. The van der Waals surface area contributed by atoms with Gasteiger partial charge in [0, 0.05) is 5.69 Å². The van der Waals surface area contributed by atoms with Gasteiger partial charge in [0.1, 0.15) is 0 Å². The molecule has 0 aromatic heterocycles. The lowest BCUT2D eigenvalue weighted by Crippen LogP contribution is -2.36. The standard InChI is InChI=1S/C15H14N2O3/c18-14(19)13(11-7-3-1-4-8-11)17-15(20)16-12-9-5-2-6-10-12/h1-10,13H,(H,18,19)(H2,16,17,20). The molecule has 1 atom stereocenters. The number of benzene rings is 2. The third kappa shape index (κ3) is 3.58. The summed E-state index contributed by atoms with van der Waals surface area (Å²) in [7, 11) is 0. The first-order valence-electron chi connectivity index (χ1n) is 6.07. The van der Waals surface area contributed by atoms with E-state index in [4.69, 9.17) is 0 Å². The summed E-state index contributed by atoms with van der Waals surface area (Å²) in [5, 5.41) is 14.2. The second-order valence-corrected chi connectivity index (χ2v) is 4.15. The highest BCUT2D eigenvalue weighted by molar-refractivity contribution is 5.92. The van der Waals surface area contributed by atoms with Crippen molar-refractivity contribution in [1.82, 2.24) is 5.32 Å². The molecule has 0 aliphatic rings. The maximum Gasteiger partial charge on any atom is 0.330 e. The molecule has 0 saturated heterocycles. The molecule has 0 spiro atoms. The summed E-state index contributed by atoms with van der Waals surface area (Å²) in [6, 6.07) is 15.7. The number of hydrogen-bond acceptors (Lipinski definition) is 2. The van der Waals surface area contributed by atoms with Crippen LogP contribution in [-0.4, -0.2) is 17.1 Å². The van der Waals surface area contributed by atoms with Crippen LogP contribution in [0.2, 0.25) is 0 Å². The summed E-state index contributed by atoms with van der Waals surface area (Å²) in [6.07, 6.45) is 0. The Morgan fingerprint density at radius 3 is 2.00 bits per heavy atom. The Morgan fingerprint density at radius 1 is 0.900 bits per heavy atom. The van der Waals surface area contributed by atoms with E-state index >= 15 is 0 Å². The Hall–Kier alpha value is -2.82. The summed E-state index contributed by atoms with van der Waals surface area (Å²) < 4.78 is 0. The molecular weight excluding hydrogens is 256 g/mol. The fourth-order valence-electron chi connectivity index (χ4n) is 1.75. The first kappa shape index (κ1) is 13.6. The van der Waals surface area contributed by atoms with Crippen LogP contribution in [0.15, 0.2) is 60.7 Å². The number of hydrogen-bond donors (Lipinski definition) is 3. The van der Waals surface area contributed by atoms with Crippen molar-refractivity contribution in [3.05, 3.63) is 66.2 Å². The second-order valence-electron chi connectivity index (χ2n) is 4.15. The Balaban J connectivity index is 2.06. The maximum atomic E-state index is 11.8. The van der Waals surface area contributed by atoms with Gasteiger partial charge in [0.2, 0.25) is 0 Å². The van der Waals surface area contributed by atoms with Gasteiger partial charge in [0.25, 0.3) is 0 Å². The van der Waals surface area contributed by atoms with E-state index in [1.54, 1.807) is 54.6 Å². The van der Waals surface area contributed by atoms with E-state index in [1.807, 2.05) is 6.07 Å². The van der Waals surface area contributed by atoms with Crippen molar-refractivity contribution in [2.24, 2.45) is 0 Å².